The molecule has 0 radical (unpaired) electrons. The summed E-state index contributed by atoms with van der Waals surface area (Å²) in [7, 11) is 0. The van der Waals surface area contributed by atoms with E-state index in [1.54, 1.807) is 0 Å². The molecule has 16 heavy (non-hydrogen) atoms. The summed E-state index contributed by atoms with van der Waals surface area (Å²) in [6, 6.07) is -0.629. The van der Waals surface area contributed by atoms with E-state index in [1.807, 2.05) is 0 Å². The zero-order valence-electron chi connectivity index (χ0n) is 8.08. The summed E-state index contributed by atoms with van der Waals surface area (Å²) >= 11 is 0. The SMILES string of the molecule is Cl.N[C@H](CCO)c1c(O)cc(F)c(F)c1F. The first-order valence-corrected chi connectivity index (χ1v) is 4.21. The van der Waals surface area contributed by atoms with E-state index in [1.165, 1.54) is 0 Å². The van der Waals surface area contributed by atoms with E-state index in [0.29, 0.717) is 6.07 Å². The summed E-state index contributed by atoms with van der Waals surface area (Å²) < 4.78 is 38.6. The van der Waals surface area contributed by atoms with Crippen molar-refractivity contribution in [3.63, 3.8) is 0 Å². The van der Waals surface area contributed by atoms with Gasteiger partial charge >= 0.3 is 0 Å². The molecule has 0 aliphatic carbocycles. The van der Waals surface area contributed by atoms with Crippen LogP contribution in [-0.4, -0.2) is 16.8 Å². The van der Waals surface area contributed by atoms with Crippen LogP contribution in [0.15, 0.2) is 6.07 Å². The second-order valence-corrected chi connectivity index (χ2v) is 3.04. The minimum atomic E-state index is -1.68. The maximum absolute atomic E-state index is 13.2. The molecule has 1 aromatic rings. The van der Waals surface area contributed by atoms with Gasteiger partial charge in [0.2, 0.25) is 0 Å². The number of halogens is 4. The van der Waals surface area contributed by atoms with Crippen molar-refractivity contribution in [1.82, 2.24) is 0 Å². The van der Waals surface area contributed by atoms with Crippen LogP contribution >= 0.6 is 12.4 Å². The lowest BCUT2D eigenvalue weighted by atomic mass is 10.0. The predicted octanol–water partition coefficient (Wildman–Crippen LogP) is 1.61. The molecule has 0 heterocycles. The quantitative estimate of drug-likeness (QED) is 0.721. The Balaban J connectivity index is 0.00000225. The van der Waals surface area contributed by atoms with E-state index in [4.69, 9.17) is 10.8 Å². The van der Waals surface area contributed by atoms with Crippen molar-refractivity contribution in [3.05, 3.63) is 29.1 Å². The topological polar surface area (TPSA) is 66.5 Å². The van der Waals surface area contributed by atoms with Crippen molar-refractivity contribution in [2.75, 3.05) is 6.61 Å². The van der Waals surface area contributed by atoms with Gasteiger partial charge in [0, 0.05) is 24.3 Å². The van der Waals surface area contributed by atoms with E-state index in [2.05, 4.69) is 0 Å². The third kappa shape index (κ3) is 2.78. The number of rotatable bonds is 3. The highest BCUT2D eigenvalue weighted by Crippen LogP contribution is 2.30. The third-order valence-corrected chi connectivity index (χ3v) is 1.99. The Morgan fingerprint density at radius 1 is 1.25 bits per heavy atom. The lowest BCUT2D eigenvalue weighted by molar-refractivity contribution is 0.273. The molecule has 4 N–H and O–H groups in total. The highest BCUT2D eigenvalue weighted by molar-refractivity contribution is 5.85. The number of phenolic OH excluding ortho intramolecular Hbond substituents is 1. The summed E-state index contributed by atoms with van der Waals surface area (Å²) in [6.45, 7) is -0.348. The number of phenols is 1. The summed E-state index contributed by atoms with van der Waals surface area (Å²) in [5.41, 5.74) is 4.85. The Hall–Kier alpha value is -0.980. The van der Waals surface area contributed by atoms with Gasteiger partial charge in [0.15, 0.2) is 17.5 Å². The van der Waals surface area contributed by atoms with Gasteiger partial charge in [0.1, 0.15) is 5.75 Å². The van der Waals surface area contributed by atoms with Gasteiger partial charge in [-0.1, -0.05) is 0 Å². The highest BCUT2D eigenvalue weighted by atomic mass is 35.5. The van der Waals surface area contributed by atoms with Gasteiger partial charge in [-0.05, 0) is 6.42 Å². The fourth-order valence-electron chi connectivity index (χ4n) is 1.23. The van der Waals surface area contributed by atoms with Gasteiger partial charge in [-0.25, -0.2) is 13.2 Å². The van der Waals surface area contributed by atoms with Crippen molar-refractivity contribution in [2.24, 2.45) is 5.73 Å². The fraction of sp³-hybridized carbons (Fsp3) is 0.333. The first-order valence-electron chi connectivity index (χ1n) is 4.21. The number of aliphatic hydroxyl groups excluding tert-OH is 1. The maximum Gasteiger partial charge on any atom is 0.195 e. The number of aliphatic hydroxyl groups is 1. The molecule has 1 aromatic carbocycles. The molecule has 7 heteroatoms. The summed E-state index contributed by atoms with van der Waals surface area (Å²) in [4.78, 5) is 0. The lowest BCUT2D eigenvalue weighted by Crippen LogP contribution is -2.15. The van der Waals surface area contributed by atoms with Gasteiger partial charge in [0.25, 0.3) is 0 Å². The third-order valence-electron chi connectivity index (χ3n) is 1.99. The molecule has 0 spiro atoms. The van der Waals surface area contributed by atoms with Crippen LogP contribution < -0.4 is 5.73 Å². The van der Waals surface area contributed by atoms with Crippen molar-refractivity contribution in [1.29, 1.82) is 0 Å². The van der Waals surface area contributed by atoms with Crippen LogP contribution in [0.5, 0.6) is 5.75 Å². The van der Waals surface area contributed by atoms with Crippen LogP contribution in [-0.2, 0) is 0 Å². The average molecular weight is 258 g/mol. The normalized spacial score (nSPS) is 12.1. The molecule has 0 bridgehead atoms. The van der Waals surface area contributed by atoms with Crippen molar-refractivity contribution < 1.29 is 23.4 Å². The first-order chi connectivity index (χ1) is 6.99. The molecular formula is C9H11ClF3NO2. The monoisotopic (exact) mass is 257 g/mol. The Labute approximate surface area is 96.1 Å². The van der Waals surface area contributed by atoms with Gasteiger partial charge in [0.05, 0.1) is 0 Å². The van der Waals surface area contributed by atoms with Gasteiger partial charge in [-0.3, -0.25) is 0 Å². The maximum atomic E-state index is 13.2. The number of aromatic hydroxyl groups is 1. The van der Waals surface area contributed by atoms with Gasteiger partial charge in [-0.15, -0.1) is 12.4 Å². The molecule has 0 saturated heterocycles. The fourth-order valence-corrected chi connectivity index (χ4v) is 1.23. The highest BCUT2D eigenvalue weighted by Gasteiger charge is 2.22. The van der Waals surface area contributed by atoms with E-state index in [-0.39, 0.29) is 25.4 Å². The second-order valence-electron chi connectivity index (χ2n) is 3.04. The minimum Gasteiger partial charge on any atom is -0.507 e. The van der Waals surface area contributed by atoms with Gasteiger partial charge < -0.3 is 15.9 Å². The van der Waals surface area contributed by atoms with E-state index >= 15 is 0 Å². The van der Waals surface area contributed by atoms with Gasteiger partial charge in [-0.2, -0.15) is 0 Å². The van der Waals surface area contributed by atoms with Crippen molar-refractivity contribution >= 4 is 12.4 Å². The Bertz CT molecular complexity index is 376. The standard InChI is InChI=1S/C9H10F3NO2.ClH/c10-4-3-6(15)7(5(13)1-2-14)9(12)8(4)11;/h3,5,14-15H,1-2,13H2;1H/t5-;/m1./s1. The molecule has 0 aliphatic rings. The molecule has 0 aromatic heterocycles. The van der Waals surface area contributed by atoms with Crippen molar-refractivity contribution in [3.8, 4) is 5.75 Å². The van der Waals surface area contributed by atoms with E-state index in [9.17, 15) is 18.3 Å². The molecule has 0 saturated carbocycles. The minimum absolute atomic E-state index is 0. The Morgan fingerprint density at radius 2 is 1.81 bits per heavy atom. The van der Waals surface area contributed by atoms with Crippen LogP contribution in [0.4, 0.5) is 13.2 Å². The molecule has 3 nitrogen and oxygen atoms in total. The molecule has 0 unspecified atom stereocenters. The van der Waals surface area contributed by atoms with Crippen LogP contribution in [0.1, 0.15) is 18.0 Å². The van der Waals surface area contributed by atoms with Crippen LogP contribution in [0, 0.1) is 17.5 Å². The summed E-state index contributed by atoms with van der Waals surface area (Å²) in [6.07, 6.45) is -0.0600. The molecule has 0 aliphatic heterocycles. The molecular weight excluding hydrogens is 247 g/mol. The van der Waals surface area contributed by atoms with E-state index < -0.39 is 34.8 Å². The Morgan fingerprint density at radius 3 is 2.31 bits per heavy atom. The van der Waals surface area contributed by atoms with E-state index in [0.717, 1.165) is 0 Å². The summed E-state index contributed by atoms with van der Waals surface area (Å²) in [5.74, 6) is -5.44. The molecule has 0 fully saturated rings. The number of hydrogen-bond acceptors (Lipinski definition) is 3. The number of hydrogen-bond donors (Lipinski definition) is 3. The summed E-state index contributed by atoms with van der Waals surface area (Å²) in [5, 5.41) is 17.7. The number of nitrogens with two attached hydrogens (primary N) is 1. The average Bonchev–Trinajstić information content (AvgIpc) is 2.15. The smallest absolute Gasteiger partial charge is 0.195 e. The molecule has 1 atom stereocenters. The van der Waals surface area contributed by atoms with Crippen LogP contribution in [0.2, 0.25) is 0 Å². The Kier molecular flexibility index (Phi) is 5.57. The van der Waals surface area contributed by atoms with Crippen molar-refractivity contribution in [2.45, 2.75) is 12.5 Å². The van der Waals surface area contributed by atoms with Crippen LogP contribution in [0.25, 0.3) is 0 Å². The largest absolute Gasteiger partial charge is 0.507 e. The second kappa shape index (κ2) is 5.93. The molecule has 92 valence electrons. The molecule has 0 amide bonds. The number of benzene rings is 1. The predicted molar refractivity (Wildman–Crippen MR) is 53.9 cm³/mol. The first kappa shape index (κ1) is 15.0. The van der Waals surface area contributed by atoms with Crippen LogP contribution in [0.3, 0.4) is 0 Å². The molecule has 1 rings (SSSR count). The lowest BCUT2D eigenvalue weighted by Gasteiger charge is -2.13. The zero-order chi connectivity index (χ0) is 11.6. The zero-order valence-corrected chi connectivity index (χ0v) is 8.90.